The third-order valence-corrected chi connectivity index (χ3v) is 6.01. The van der Waals surface area contributed by atoms with Crippen molar-refractivity contribution < 1.29 is 35.8 Å². The molecule has 3 N–H and O–H groups in total. The number of hydrogen-bond donors (Lipinski definition) is 3. The van der Waals surface area contributed by atoms with Crippen LogP contribution in [0, 0.1) is 6.92 Å². The molecule has 0 spiro atoms. The number of urea groups is 1. The fourth-order valence-electron chi connectivity index (χ4n) is 2.77. The van der Waals surface area contributed by atoms with Gasteiger partial charge in [0.05, 0.1) is 35.8 Å². The summed E-state index contributed by atoms with van der Waals surface area (Å²) in [5.74, 6) is 0. The molecular weight excluding hydrogens is 483 g/mol. The number of rotatable bonds is 6. The van der Waals surface area contributed by atoms with Crippen molar-refractivity contribution in [3.8, 4) is 0 Å². The van der Waals surface area contributed by atoms with E-state index in [1.165, 1.54) is 32.6 Å². The molecule has 0 radical (unpaired) electrons. The maximum atomic E-state index is 12.7. The highest BCUT2D eigenvalue weighted by Crippen LogP contribution is 2.31. The molecule has 7 nitrogen and oxygen atoms in total. The first kappa shape index (κ1) is 28.7. The van der Waals surface area contributed by atoms with Crippen molar-refractivity contribution in [1.29, 1.82) is 0 Å². The van der Waals surface area contributed by atoms with E-state index in [1.54, 1.807) is 4.90 Å². The second-order valence-corrected chi connectivity index (χ2v) is 8.78. The largest absolute Gasteiger partial charge is 0.744 e. The lowest BCUT2D eigenvalue weighted by Crippen LogP contribution is -3.11. The summed E-state index contributed by atoms with van der Waals surface area (Å²) in [4.78, 5) is 12.9. The Morgan fingerprint density at radius 1 is 1.06 bits per heavy atom. The van der Waals surface area contributed by atoms with Crippen molar-refractivity contribution in [2.45, 2.75) is 38.8 Å². The fraction of sp³-hybridized carbons (Fsp3) is 0.381. The minimum Gasteiger partial charge on any atom is -0.744 e. The van der Waals surface area contributed by atoms with E-state index in [1.807, 2.05) is 0 Å². The Labute approximate surface area is 196 Å². The zero-order valence-electron chi connectivity index (χ0n) is 18.6. The zero-order valence-corrected chi connectivity index (χ0v) is 20.2. The van der Waals surface area contributed by atoms with Crippen LogP contribution in [0.4, 0.5) is 29.3 Å². The molecule has 2 aromatic rings. The molecule has 0 saturated carbocycles. The average molecular weight is 510 g/mol. The Morgan fingerprint density at radius 2 is 1.64 bits per heavy atom. The summed E-state index contributed by atoms with van der Waals surface area (Å²) in [6, 6.07) is 4.83. The Hall–Kier alpha value is -2.34. The van der Waals surface area contributed by atoms with Crippen LogP contribution in [0.2, 0.25) is 5.02 Å². The Kier molecular flexibility index (Phi) is 10.6. The van der Waals surface area contributed by atoms with Gasteiger partial charge in [0.25, 0.3) is 0 Å². The van der Waals surface area contributed by atoms with Crippen LogP contribution in [0.3, 0.4) is 0 Å². The number of anilines is 2. The highest BCUT2D eigenvalue weighted by molar-refractivity contribution is 7.86. The number of quaternary nitrogens is 1. The van der Waals surface area contributed by atoms with Gasteiger partial charge in [-0.2, -0.15) is 13.2 Å². The molecule has 2 rings (SSSR count). The smallest absolute Gasteiger partial charge is 0.416 e. The number of hydrogen-bond acceptors (Lipinski definition) is 4. The summed E-state index contributed by atoms with van der Waals surface area (Å²) in [6.07, 6.45) is -4.59. The molecule has 2 amide bonds. The number of carbonyl (C=O) groups is 1. The number of benzene rings is 2. The molecule has 0 aliphatic rings. The second-order valence-electron chi connectivity index (χ2n) is 7.02. The van der Waals surface area contributed by atoms with Crippen molar-refractivity contribution >= 4 is 39.1 Å². The lowest BCUT2D eigenvalue weighted by Gasteiger charge is -2.16. The summed E-state index contributed by atoms with van der Waals surface area (Å²) in [7, 11) is -4.92. The molecule has 0 fully saturated rings. The molecule has 0 heterocycles. The van der Waals surface area contributed by atoms with E-state index in [0.29, 0.717) is 11.6 Å². The number of alkyl halides is 3. The van der Waals surface area contributed by atoms with Gasteiger partial charge in [-0.25, -0.2) is 13.2 Å². The van der Waals surface area contributed by atoms with E-state index in [4.69, 9.17) is 11.6 Å². The zero-order chi connectivity index (χ0) is 25.4. The summed E-state index contributed by atoms with van der Waals surface area (Å²) in [5, 5.41) is 4.31. The molecule has 0 aliphatic heterocycles. The van der Waals surface area contributed by atoms with E-state index in [-0.39, 0.29) is 16.4 Å². The Balaban J connectivity index is 0.000000675. The molecule has 0 aromatic heterocycles. The highest BCUT2D eigenvalue weighted by Gasteiger charge is 2.30. The van der Waals surface area contributed by atoms with Crippen LogP contribution in [0.1, 0.15) is 31.9 Å². The van der Waals surface area contributed by atoms with Crippen molar-refractivity contribution in [1.82, 2.24) is 0 Å². The molecule has 0 bridgehead atoms. The van der Waals surface area contributed by atoms with Crippen LogP contribution in [0.5, 0.6) is 0 Å². The van der Waals surface area contributed by atoms with Crippen molar-refractivity contribution in [3.63, 3.8) is 0 Å². The maximum Gasteiger partial charge on any atom is 0.416 e. The minimum absolute atomic E-state index is 0.0896. The predicted molar refractivity (Wildman–Crippen MR) is 121 cm³/mol. The Bertz CT molecular complexity index is 1050. The third kappa shape index (κ3) is 9.20. The normalized spacial score (nSPS) is 11.6. The average Bonchev–Trinajstić information content (AvgIpc) is 2.71. The van der Waals surface area contributed by atoms with Gasteiger partial charge in [0, 0.05) is 10.7 Å². The molecule has 12 heteroatoms. The van der Waals surface area contributed by atoms with Crippen LogP contribution < -0.4 is 15.5 Å². The number of carbonyl (C=O) groups excluding carboxylic acids is 1. The molecule has 0 aliphatic carbocycles. The lowest BCUT2D eigenvalue weighted by atomic mass is 10.2. The number of nitrogens with one attached hydrogen (secondary N) is 3. The van der Waals surface area contributed by atoms with E-state index in [9.17, 15) is 30.9 Å². The molecule has 0 saturated heterocycles. The maximum absolute atomic E-state index is 12.7. The third-order valence-electron chi connectivity index (χ3n) is 4.73. The number of aryl methyl sites for hydroxylation is 1. The molecular formula is C21H27ClF3N3O4S. The van der Waals surface area contributed by atoms with Gasteiger partial charge in [-0.1, -0.05) is 17.7 Å². The molecule has 0 unspecified atom stereocenters. The first-order valence-electron chi connectivity index (χ1n) is 10.1. The molecule has 184 valence electrons. The van der Waals surface area contributed by atoms with Crippen LogP contribution in [0.25, 0.3) is 0 Å². The summed E-state index contributed by atoms with van der Waals surface area (Å²) < 4.78 is 72.0. The lowest BCUT2D eigenvalue weighted by molar-refractivity contribution is -0.894. The van der Waals surface area contributed by atoms with Gasteiger partial charge in [-0.3, -0.25) is 0 Å². The summed E-state index contributed by atoms with van der Waals surface area (Å²) in [6.45, 7) is 11.9. The fourth-order valence-corrected chi connectivity index (χ4v) is 3.63. The highest BCUT2D eigenvalue weighted by atomic mass is 35.5. The van der Waals surface area contributed by atoms with Gasteiger partial charge in [-0.05, 0) is 63.6 Å². The first-order valence-corrected chi connectivity index (χ1v) is 11.9. The number of amides is 2. The quantitative estimate of drug-likeness (QED) is 0.509. The Morgan fingerprint density at radius 3 is 2.09 bits per heavy atom. The van der Waals surface area contributed by atoms with Crippen molar-refractivity contribution in [3.05, 3.63) is 52.5 Å². The first-order chi connectivity index (χ1) is 15.2. The standard InChI is InChI=1S/C15H12ClF3N2O4S.C6H15N/c1-8-5-13(26(23,24)25)12(7-11(8)16)21-14(22)20-10-4-2-3-9(6-10)15(17,18)19;1-4-7(5-2)6-3/h2-7H,1H3,(H2,20,21,22)(H,23,24,25);4-6H2,1-3H3. The van der Waals surface area contributed by atoms with Crippen LogP contribution in [-0.2, 0) is 16.3 Å². The second kappa shape index (κ2) is 12.2. The van der Waals surface area contributed by atoms with Gasteiger partial charge in [0.15, 0.2) is 0 Å². The van der Waals surface area contributed by atoms with Gasteiger partial charge < -0.3 is 20.1 Å². The van der Waals surface area contributed by atoms with Crippen LogP contribution >= 0.6 is 11.6 Å². The summed E-state index contributed by atoms with van der Waals surface area (Å²) in [5.41, 5.74) is -1.25. The van der Waals surface area contributed by atoms with Crippen LogP contribution in [0.15, 0.2) is 41.3 Å². The summed E-state index contributed by atoms with van der Waals surface area (Å²) >= 11 is 5.86. The van der Waals surface area contributed by atoms with Gasteiger partial charge in [0.2, 0.25) is 0 Å². The van der Waals surface area contributed by atoms with Gasteiger partial charge in [-0.15, -0.1) is 0 Å². The van der Waals surface area contributed by atoms with Crippen molar-refractivity contribution in [2.75, 3.05) is 30.3 Å². The number of halogens is 4. The molecule has 2 aromatic carbocycles. The van der Waals surface area contributed by atoms with E-state index in [0.717, 1.165) is 24.3 Å². The van der Waals surface area contributed by atoms with E-state index < -0.39 is 32.8 Å². The SMILES string of the molecule is CC[NH+](CC)CC.Cc1cc(S(=O)(=O)[O-])c(NC(=O)Nc2cccc(C(F)(F)F)c2)cc1Cl. The monoisotopic (exact) mass is 509 g/mol. The van der Waals surface area contributed by atoms with E-state index in [2.05, 4.69) is 31.4 Å². The molecule has 33 heavy (non-hydrogen) atoms. The van der Waals surface area contributed by atoms with Gasteiger partial charge >= 0.3 is 12.2 Å². The topological polar surface area (TPSA) is 103 Å². The van der Waals surface area contributed by atoms with Crippen molar-refractivity contribution in [2.24, 2.45) is 0 Å². The predicted octanol–water partition coefficient (Wildman–Crippen LogP) is 4.15. The van der Waals surface area contributed by atoms with Crippen LogP contribution in [-0.4, -0.2) is 38.6 Å². The van der Waals surface area contributed by atoms with E-state index >= 15 is 0 Å². The molecule has 0 atom stereocenters. The van der Waals surface area contributed by atoms with Gasteiger partial charge in [0.1, 0.15) is 10.1 Å². The minimum atomic E-state index is -4.92.